The molecule has 4 nitrogen and oxygen atoms in total. The van der Waals surface area contributed by atoms with Crippen molar-refractivity contribution in [2.75, 3.05) is 0 Å². The third-order valence-corrected chi connectivity index (χ3v) is 5.80. The van der Waals surface area contributed by atoms with Crippen molar-refractivity contribution < 1.29 is 19.0 Å². The van der Waals surface area contributed by atoms with E-state index in [1.165, 1.54) is 18.2 Å². The first-order valence-electron chi connectivity index (χ1n) is 9.72. The van der Waals surface area contributed by atoms with Crippen molar-refractivity contribution in [3.8, 4) is 16.9 Å². The van der Waals surface area contributed by atoms with E-state index in [1.54, 1.807) is 18.3 Å². The Morgan fingerprint density at radius 1 is 0.966 bits per heavy atom. The van der Waals surface area contributed by atoms with Crippen LogP contribution in [0.25, 0.3) is 11.1 Å². The van der Waals surface area contributed by atoms with Gasteiger partial charge in [0, 0.05) is 22.7 Å². The second-order valence-corrected chi connectivity index (χ2v) is 7.63. The van der Waals surface area contributed by atoms with Crippen LogP contribution in [0.5, 0.6) is 5.75 Å². The van der Waals surface area contributed by atoms with Gasteiger partial charge in [-0.15, -0.1) is 0 Å². The Balaban J connectivity index is 1.74. The highest BCUT2D eigenvalue weighted by atomic mass is 19.1. The van der Waals surface area contributed by atoms with E-state index in [0.29, 0.717) is 12.2 Å². The van der Waals surface area contributed by atoms with Crippen LogP contribution in [-0.2, 0) is 18.4 Å². The molecular formula is C23H22F2N2O2. The summed E-state index contributed by atoms with van der Waals surface area (Å²) in [7, 11) is 0. The molecule has 0 unspecified atom stereocenters. The molecule has 6 heteroatoms. The van der Waals surface area contributed by atoms with Crippen molar-refractivity contribution >= 4 is 0 Å². The summed E-state index contributed by atoms with van der Waals surface area (Å²) in [6.07, 6.45) is 6.31. The highest BCUT2D eigenvalue weighted by molar-refractivity contribution is 5.71. The largest absolute Gasteiger partial charge is 0.504 e. The number of nitrogens with zero attached hydrogens (tertiary/aromatic N) is 2. The average molecular weight is 396 g/mol. The number of aromatic hydroxyl groups is 1. The molecule has 0 saturated heterocycles. The Kier molecular flexibility index (Phi) is 5.28. The molecule has 29 heavy (non-hydrogen) atoms. The second-order valence-electron chi connectivity index (χ2n) is 7.63. The number of aliphatic hydroxyl groups excluding tert-OH is 1. The summed E-state index contributed by atoms with van der Waals surface area (Å²) >= 11 is 0. The van der Waals surface area contributed by atoms with E-state index in [1.807, 2.05) is 6.07 Å². The normalized spacial score (nSPS) is 15.6. The first kappa shape index (κ1) is 19.5. The summed E-state index contributed by atoms with van der Waals surface area (Å²) in [4.78, 5) is 8.62. The number of para-hydroxylation sites is 1. The number of hydrogen-bond acceptors (Lipinski definition) is 4. The molecule has 0 spiro atoms. The smallest absolute Gasteiger partial charge is 0.165 e. The average Bonchev–Trinajstić information content (AvgIpc) is 3.21. The van der Waals surface area contributed by atoms with Crippen LogP contribution in [0, 0.1) is 11.6 Å². The fraction of sp³-hybridized carbons (Fsp3) is 0.304. The van der Waals surface area contributed by atoms with Crippen molar-refractivity contribution in [1.82, 2.24) is 9.97 Å². The minimum atomic E-state index is -0.780. The van der Waals surface area contributed by atoms with Gasteiger partial charge in [-0.05, 0) is 49.1 Å². The van der Waals surface area contributed by atoms with Crippen molar-refractivity contribution in [3.05, 3.63) is 77.4 Å². The van der Waals surface area contributed by atoms with Crippen molar-refractivity contribution in [2.45, 2.75) is 44.1 Å². The zero-order valence-electron chi connectivity index (χ0n) is 15.9. The van der Waals surface area contributed by atoms with Gasteiger partial charge in [0.2, 0.25) is 0 Å². The van der Waals surface area contributed by atoms with Gasteiger partial charge in [0.05, 0.1) is 5.69 Å². The first-order chi connectivity index (χ1) is 14.0. The molecule has 150 valence electrons. The third kappa shape index (κ3) is 3.72. The summed E-state index contributed by atoms with van der Waals surface area (Å²) in [5, 5.41) is 19.5. The Bertz CT molecular complexity index is 1030. The zero-order chi connectivity index (χ0) is 20.4. The number of aliphatic hydroxyl groups is 1. The highest BCUT2D eigenvalue weighted by Gasteiger charge is 2.37. The summed E-state index contributed by atoms with van der Waals surface area (Å²) in [5.41, 5.74) is 1.86. The van der Waals surface area contributed by atoms with Gasteiger partial charge in [0.25, 0.3) is 0 Å². The van der Waals surface area contributed by atoms with E-state index < -0.39 is 17.4 Å². The van der Waals surface area contributed by atoms with E-state index in [0.717, 1.165) is 43.0 Å². The second kappa shape index (κ2) is 7.87. The van der Waals surface area contributed by atoms with Gasteiger partial charge in [-0.1, -0.05) is 31.0 Å². The van der Waals surface area contributed by atoms with Gasteiger partial charge in [-0.3, -0.25) is 0 Å². The van der Waals surface area contributed by atoms with E-state index in [2.05, 4.69) is 9.97 Å². The molecule has 1 aromatic heterocycles. The van der Waals surface area contributed by atoms with Gasteiger partial charge in [0.15, 0.2) is 17.4 Å². The standard InChI is InChI=1S/C23H22F2N2O2/c24-18-7-6-15(12-17(18)16-4-3-5-19(25)22(16)29)13-23(9-1-2-10-23)20-8-11-26-21(14-28)27-20/h3-8,11-12,28-29H,1-2,9-10,13-14H2. The minimum Gasteiger partial charge on any atom is -0.504 e. The van der Waals surface area contributed by atoms with Crippen LogP contribution in [-0.4, -0.2) is 20.2 Å². The van der Waals surface area contributed by atoms with Gasteiger partial charge < -0.3 is 10.2 Å². The summed E-state index contributed by atoms with van der Waals surface area (Å²) < 4.78 is 28.3. The maximum atomic E-state index is 14.5. The Morgan fingerprint density at radius 2 is 1.76 bits per heavy atom. The first-order valence-corrected chi connectivity index (χ1v) is 9.72. The minimum absolute atomic E-state index is 0.134. The van der Waals surface area contributed by atoms with Crippen LogP contribution in [0.2, 0.25) is 0 Å². The van der Waals surface area contributed by atoms with Crippen LogP contribution >= 0.6 is 0 Å². The molecule has 3 aromatic rings. The summed E-state index contributed by atoms with van der Waals surface area (Å²) in [6.45, 7) is -0.219. The number of rotatable bonds is 5. The monoisotopic (exact) mass is 396 g/mol. The molecule has 0 radical (unpaired) electrons. The number of benzene rings is 2. The number of halogens is 2. The molecule has 2 aromatic carbocycles. The van der Waals surface area contributed by atoms with Crippen LogP contribution in [0.1, 0.15) is 42.8 Å². The summed E-state index contributed by atoms with van der Waals surface area (Å²) in [5.74, 6) is -1.46. The van der Waals surface area contributed by atoms with Crippen molar-refractivity contribution in [2.24, 2.45) is 0 Å². The van der Waals surface area contributed by atoms with Crippen LogP contribution < -0.4 is 0 Å². The van der Waals surface area contributed by atoms with Gasteiger partial charge >= 0.3 is 0 Å². The lowest BCUT2D eigenvalue weighted by Crippen LogP contribution is -2.27. The number of phenolic OH excluding ortho intramolecular Hbond substituents is 1. The predicted octanol–water partition coefficient (Wildman–Crippen LogP) is 4.67. The van der Waals surface area contributed by atoms with Gasteiger partial charge in [-0.25, -0.2) is 18.7 Å². The van der Waals surface area contributed by atoms with Crippen molar-refractivity contribution in [3.63, 3.8) is 0 Å². The fourth-order valence-electron chi connectivity index (χ4n) is 4.36. The lowest BCUT2D eigenvalue weighted by molar-refractivity contribution is 0.269. The molecule has 1 aliphatic carbocycles. The molecule has 1 saturated carbocycles. The topological polar surface area (TPSA) is 66.2 Å². The Labute approximate surface area is 167 Å². The van der Waals surface area contributed by atoms with E-state index >= 15 is 0 Å². The number of phenols is 1. The van der Waals surface area contributed by atoms with Crippen LogP contribution in [0.15, 0.2) is 48.7 Å². The maximum Gasteiger partial charge on any atom is 0.165 e. The number of hydrogen-bond donors (Lipinski definition) is 2. The van der Waals surface area contributed by atoms with E-state index in [4.69, 9.17) is 0 Å². The van der Waals surface area contributed by atoms with Gasteiger partial charge in [0.1, 0.15) is 12.4 Å². The number of aromatic nitrogens is 2. The van der Waals surface area contributed by atoms with Crippen LogP contribution in [0.4, 0.5) is 8.78 Å². The van der Waals surface area contributed by atoms with E-state index in [9.17, 15) is 19.0 Å². The van der Waals surface area contributed by atoms with E-state index in [-0.39, 0.29) is 23.1 Å². The highest BCUT2D eigenvalue weighted by Crippen LogP contribution is 2.43. The van der Waals surface area contributed by atoms with Crippen LogP contribution in [0.3, 0.4) is 0 Å². The molecule has 0 amide bonds. The molecule has 2 N–H and O–H groups in total. The lowest BCUT2D eigenvalue weighted by atomic mass is 9.76. The predicted molar refractivity (Wildman–Crippen MR) is 105 cm³/mol. The molecule has 1 aliphatic rings. The Morgan fingerprint density at radius 3 is 2.52 bits per heavy atom. The molecular weight excluding hydrogens is 374 g/mol. The van der Waals surface area contributed by atoms with Crippen molar-refractivity contribution in [1.29, 1.82) is 0 Å². The third-order valence-electron chi connectivity index (χ3n) is 5.80. The molecule has 1 fully saturated rings. The molecule has 0 atom stereocenters. The lowest BCUT2D eigenvalue weighted by Gasteiger charge is -2.29. The quantitative estimate of drug-likeness (QED) is 0.658. The summed E-state index contributed by atoms with van der Waals surface area (Å²) in [6, 6.07) is 10.7. The van der Waals surface area contributed by atoms with Gasteiger partial charge in [-0.2, -0.15) is 0 Å². The molecule has 1 heterocycles. The SMILES string of the molecule is OCc1nccc(C2(Cc3ccc(F)c(-c4cccc(F)c4O)c3)CCCC2)n1. The molecule has 0 aliphatic heterocycles. The zero-order valence-corrected chi connectivity index (χ0v) is 15.9. The molecule has 4 rings (SSSR count). The maximum absolute atomic E-state index is 14.5. The fourth-order valence-corrected chi connectivity index (χ4v) is 4.36. The molecule has 0 bridgehead atoms. The Hall–Kier alpha value is -2.86.